The van der Waals surface area contributed by atoms with Crippen LogP contribution >= 0.6 is 11.6 Å². The second-order valence-electron chi connectivity index (χ2n) is 10.9. The van der Waals surface area contributed by atoms with Crippen LogP contribution in [0, 0.1) is 11.3 Å². The van der Waals surface area contributed by atoms with Gasteiger partial charge in [0.2, 0.25) is 11.8 Å². The predicted molar refractivity (Wildman–Crippen MR) is 145 cm³/mol. The number of halogens is 4. The number of anilines is 1. The van der Waals surface area contributed by atoms with Gasteiger partial charge in [-0.25, -0.2) is 4.98 Å². The van der Waals surface area contributed by atoms with Crippen molar-refractivity contribution in [3.05, 3.63) is 64.8 Å². The second kappa shape index (κ2) is 11.4. The number of pyridine rings is 1. The molecule has 1 aliphatic rings. The maximum absolute atomic E-state index is 13.2. The molecule has 4 rings (SSSR count). The largest absolute Gasteiger partial charge is 0.474 e. The lowest BCUT2D eigenvalue weighted by Gasteiger charge is -2.30. The summed E-state index contributed by atoms with van der Waals surface area (Å²) < 4.78 is 45.1. The first-order valence-electron chi connectivity index (χ1n) is 12.8. The molecule has 0 radical (unpaired) electrons. The summed E-state index contributed by atoms with van der Waals surface area (Å²) >= 11 is 6.33. The molecule has 0 atom stereocenters. The van der Waals surface area contributed by atoms with Crippen LogP contribution in [0.25, 0.3) is 10.8 Å². The Morgan fingerprint density at radius 3 is 2.41 bits per heavy atom. The zero-order valence-electron chi connectivity index (χ0n) is 22.0. The van der Waals surface area contributed by atoms with Crippen LogP contribution in [0.4, 0.5) is 18.9 Å². The van der Waals surface area contributed by atoms with Crippen LogP contribution in [0.1, 0.15) is 62.4 Å². The van der Waals surface area contributed by atoms with E-state index in [2.05, 4.69) is 15.6 Å². The number of fused-ring (bicyclic) bond motifs is 1. The third-order valence-electron chi connectivity index (χ3n) is 6.84. The highest BCUT2D eigenvalue weighted by molar-refractivity contribution is 6.34. The summed E-state index contributed by atoms with van der Waals surface area (Å²) in [5, 5.41) is 7.32. The summed E-state index contributed by atoms with van der Waals surface area (Å²) in [6, 6.07) is 12.0. The third-order valence-corrected chi connectivity index (χ3v) is 7.17. The minimum Gasteiger partial charge on any atom is -0.474 e. The van der Waals surface area contributed by atoms with Crippen molar-refractivity contribution in [3.63, 3.8) is 0 Å². The van der Waals surface area contributed by atoms with Gasteiger partial charge in [-0.15, -0.1) is 0 Å². The van der Waals surface area contributed by atoms with Crippen LogP contribution in [0.5, 0.6) is 5.88 Å². The first-order valence-corrected chi connectivity index (χ1v) is 13.2. The Hall–Kier alpha value is -3.33. The van der Waals surface area contributed by atoms with Gasteiger partial charge in [0.25, 0.3) is 5.91 Å². The molecule has 6 nitrogen and oxygen atoms in total. The van der Waals surface area contributed by atoms with Gasteiger partial charge in [-0.05, 0) is 61.6 Å². The zero-order valence-corrected chi connectivity index (χ0v) is 22.7. The molecule has 3 aromatic rings. The summed E-state index contributed by atoms with van der Waals surface area (Å²) in [4.78, 5) is 29.8. The van der Waals surface area contributed by atoms with Gasteiger partial charge in [0, 0.05) is 34.6 Å². The number of nitrogens with one attached hydrogen (secondary N) is 2. The lowest BCUT2D eigenvalue weighted by Crippen LogP contribution is -2.34. The molecule has 1 fully saturated rings. The molecule has 2 aromatic carbocycles. The van der Waals surface area contributed by atoms with E-state index in [1.165, 1.54) is 0 Å². The number of hydrogen-bond donors (Lipinski definition) is 2. The molecule has 1 aromatic heterocycles. The van der Waals surface area contributed by atoms with Crippen LogP contribution in [0.3, 0.4) is 0 Å². The molecule has 0 spiro atoms. The smallest absolute Gasteiger partial charge is 0.391 e. The van der Waals surface area contributed by atoms with Crippen LogP contribution < -0.4 is 15.4 Å². The van der Waals surface area contributed by atoms with E-state index in [0.717, 1.165) is 5.56 Å². The van der Waals surface area contributed by atoms with Gasteiger partial charge in [0.15, 0.2) is 0 Å². The Kier molecular flexibility index (Phi) is 8.39. The van der Waals surface area contributed by atoms with Crippen molar-refractivity contribution >= 4 is 39.9 Å². The van der Waals surface area contributed by atoms with Crippen molar-refractivity contribution in [1.29, 1.82) is 0 Å². The molecule has 1 aliphatic carbocycles. The molecule has 2 N–H and O–H groups in total. The van der Waals surface area contributed by atoms with E-state index >= 15 is 0 Å². The van der Waals surface area contributed by atoms with Crippen molar-refractivity contribution < 1.29 is 27.5 Å². The minimum atomic E-state index is -4.18. The maximum Gasteiger partial charge on any atom is 0.391 e. The Bertz CT molecular complexity index is 1360. The molecular weight excluding hydrogens is 531 g/mol. The topological polar surface area (TPSA) is 80.3 Å². The molecule has 0 unspecified atom stereocenters. The van der Waals surface area contributed by atoms with Crippen molar-refractivity contribution in [2.45, 2.75) is 65.3 Å². The molecule has 1 heterocycles. The van der Waals surface area contributed by atoms with E-state index in [4.69, 9.17) is 16.3 Å². The van der Waals surface area contributed by atoms with Crippen LogP contribution in [0.2, 0.25) is 5.02 Å². The van der Waals surface area contributed by atoms with Gasteiger partial charge in [0.1, 0.15) is 6.10 Å². The molecule has 1 saturated carbocycles. The Morgan fingerprint density at radius 1 is 1.03 bits per heavy atom. The number of carbonyl (C=O) groups excluding carboxylic acids is 2. The van der Waals surface area contributed by atoms with Crippen molar-refractivity contribution in [2.75, 3.05) is 5.32 Å². The van der Waals surface area contributed by atoms with Gasteiger partial charge in [-0.3, -0.25) is 9.59 Å². The third kappa shape index (κ3) is 7.01. The minimum absolute atomic E-state index is 0.0277. The maximum atomic E-state index is 13.2. The fourth-order valence-corrected chi connectivity index (χ4v) is 4.75. The number of ether oxygens (including phenoxy) is 1. The van der Waals surface area contributed by atoms with Crippen molar-refractivity contribution in [2.24, 2.45) is 11.3 Å². The number of alkyl halides is 3. The van der Waals surface area contributed by atoms with E-state index in [-0.39, 0.29) is 42.0 Å². The fourth-order valence-electron chi connectivity index (χ4n) is 4.54. The summed E-state index contributed by atoms with van der Waals surface area (Å²) in [5.74, 6) is -1.52. The van der Waals surface area contributed by atoms with E-state index in [0.29, 0.717) is 35.2 Å². The first-order chi connectivity index (χ1) is 18.3. The van der Waals surface area contributed by atoms with E-state index in [1.807, 2.05) is 20.8 Å². The monoisotopic (exact) mass is 561 g/mol. The van der Waals surface area contributed by atoms with Crippen LogP contribution in [-0.4, -0.2) is 29.1 Å². The molecule has 0 saturated heterocycles. The molecule has 10 heteroatoms. The standard InChI is InChI=1S/C29H31ClF3N3O3/c1-28(2,3)27(38)35-16-17-7-12-23(30)22(15-17)25(37)36-24-6-4-5-21-20(24)13-14-34-26(21)39-19-10-8-18(9-11-19)29(31,32)33/h4-7,12-15,18-19H,8-11,16H2,1-3H3,(H,35,38)(H,36,37)/t18-,19-. The highest BCUT2D eigenvalue weighted by atomic mass is 35.5. The van der Waals surface area contributed by atoms with Crippen molar-refractivity contribution in [1.82, 2.24) is 10.3 Å². The van der Waals surface area contributed by atoms with E-state index < -0.39 is 23.4 Å². The molecule has 39 heavy (non-hydrogen) atoms. The highest BCUT2D eigenvalue weighted by Gasteiger charge is 2.41. The van der Waals surface area contributed by atoms with Gasteiger partial charge in [0.05, 0.1) is 16.5 Å². The number of amides is 2. The Balaban J connectivity index is 1.49. The lowest BCUT2D eigenvalue weighted by atomic mass is 9.87. The summed E-state index contributed by atoms with van der Waals surface area (Å²) in [5.41, 5.74) is 0.942. The van der Waals surface area contributed by atoms with Gasteiger partial charge in [-0.2, -0.15) is 13.2 Å². The zero-order chi connectivity index (χ0) is 28.4. The number of rotatable bonds is 6. The van der Waals surface area contributed by atoms with Crippen LogP contribution in [0.15, 0.2) is 48.7 Å². The quantitative estimate of drug-likeness (QED) is 0.331. The summed E-state index contributed by atoms with van der Waals surface area (Å²) in [6.07, 6.45) is -2.35. The van der Waals surface area contributed by atoms with Gasteiger partial charge in [-0.1, -0.05) is 44.5 Å². The number of benzene rings is 2. The number of nitrogens with zero attached hydrogens (tertiary/aromatic N) is 1. The molecule has 0 aliphatic heterocycles. The van der Waals surface area contributed by atoms with E-state index in [1.54, 1.807) is 48.7 Å². The number of hydrogen-bond acceptors (Lipinski definition) is 4. The average Bonchev–Trinajstić information content (AvgIpc) is 2.87. The molecule has 208 valence electrons. The molecule has 2 amide bonds. The lowest BCUT2D eigenvalue weighted by molar-refractivity contribution is -0.185. The van der Waals surface area contributed by atoms with Crippen molar-refractivity contribution in [3.8, 4) is 5.88 Å². The summed E-state index contributed by atoms with van der Waals surface area (Å²) in [6.45, 7) is 5.70. The SMILES string of the molecule is CC(C)(C)C(=O)NCc1ccc(Cl)c(C(=O)Nc2cccc3c(O[C@H]4CC[C@H](C(F)(F)F)CC4)nccc23)c1. The Labute approximate surface area is 230 Å². The number of aromatic nitrogens is 1. The van der Waals surface area contributed by atoms with Gasteiger partial charge < -0.3 is 15.4 Å². The number of carbonyl (C=O) groups is 2. The fraction of sp³-hybridized carbons (Fsp3) is 0.414. The predicted octanol–water partition coefficient (Wildman–Crippen LogP) is 7.30. The second-order valence-corrected chi connectivity index (χ2v) is 11.3. The van der Waals surface area contributed by atoms with Gasteiger partial charge >= 0.3 is 6.18 Å². The Morgan fingerprint density at radius 2 is 1.74 bits per heavy atom. The molecular formula is C29H31ClF3N3O3. The summed E-state index contributed by atoms with van der Waals surface area (Å²) in [7, 11) is 0. The van der Waals surface area contributed by atoms with Crippen LogP contribution in [-0.2, 0) is 11.3 Å². The molecule has 0 bridgehead atoms. The normalized spacial score (nSPS) is 18.0. The van der Waals surface area contributed by atoms with E-state index in [9.17, 15) is 22.8 Å². The highest BCUT2D eigenvalue weighted by Crippen LogP contribution is 2.39. The average molecular weight is 562 g/mol. The first kappa shape index (κ1) is 28.7.